The molecule has 0 aromatic heterocycles. The molecule has 0 saturated heterocycles. The molecule has 0 atom stereocenters. The predicted molar refractivity (Wildman–Crippen MR) is 59.7 cm³/mol. The Morgan fingerprint density at radius 2 is 1.67 bits per heavy atom. The fourth-order valence-corrected chi connectivity index (χ4v) is 2.37. The third-order valence-electron chi connectivity index (χ3n) is 2.26. The summed E-state index contributed by atoms with van der Waals surface area (Å²) in [5.74, 6) is 0. The van der Waals surface area contributed by atoms with E-state index in [-0.39, 0.29) is 6.16 Å². The average molecular weight is 222 g/mol. The summed E-state index contributed by atoms with van der Waals surface area (Å²) in [6, 6.07) is 13.1. The lowest BCUT2D eigenvalue weighted by molar-refractivity contribution is 0.372. The number of hydrogen-bond donors (Lipinski definition) is 2. The molecule has 2 N–H and O–H groups in total. The maximum Gasteiger partial charge on any atom is 0.329 e. The fraction of sp³-hybridized carbons (Fsp3) is 0.0909. The van der Waals surface area contributed by atoms with Crippen molar-refractivity contribution in [3.05, 3.63) is 48.0 Å². The first-order valence-corrected chi connectivity index (χ1v) is 6.37. The van der Waals surface area contributed by atoms with Crippen molar-refractivity contribution in [2.75, 3.05) is 0 Å². The molecule has 0 saturated carbocycles. The van der Waals surface area contributed by atoms with E-state index < -0.39 is 7.60 Å². The van der Waals surface area contributed by atoms with Crippen molar-refractivity contribution < 1.29 is 14.4 Å². The molecular weight excluding hydrogens is 211 g/mol. The van der Waals surface area contributed by atoms with E-state index in [9.17, 15) is 4.57 Å². The van der Waals surface area contributed by atoms with Crippen LogP contribution in [-0.4, -0.2) is 9.79 Å². The highest BCUT2D eigenvalue weighted by atomic mass is 31.2. The van der Waals surface area contributed by atoms with Gasteiger partial charge >= 0.3 is 7.60 Å². The molecule has 0 unspecified atom stereocenters. The molecule has 2 aromatic carbocycles. The standard InChI is InChI=1S/C11H11O3P/c12-15(13,14)8-10-6-3-5-9-4-1-2-7-11(9)10/h1-7H,8H2,(H2,12,13,14). The van der Waals surface area contributed by atoms with E-state index in [1.54, 1.807) is 6.07 Å². The molecular formula is C11H11O3P. The smallest absolute Gasteiger partial charge is 0.324 e. The van der Waals surface area contributed by atoms with Gasteiger partial charge in [0, 0.05) is 0 Å². The molecule has 0 spiro atoms. The summed E-state index contributed by atoms with van der Waals surface area (Å²) in [6.45, 7) is 0. The van der Waals surface area contributed by atoms with Gasteiger partial charge in [-0.25, -0.2) is 0 Å². The second-order valence-corrected chi connectivity index (χ2v) is 5.11. The van der Waals surface area contributed by atoms with Gasteiger partial charge in [0.05, 0.1) is 6.16 Å². The Bertz CT molecular complexity index is 525. The highest BCUT2D eigenvalue weighted by Gasteiger charge is 2.15. The molecule has 0 radical (unpaired) electrons. The van der Waals surface area contributed by atoms with Crippen LogP contribution in [0.1, 0.15) is 5.56 Å². The van der Waals surface area contributed by atoms with Gasteiger partial charge < -0.3 is 9.79 Å². The highest BCUT2D eigenvalue weighted by Crippen LogP contribution is 2.40. The van der Waals surface area contributed by atoms with Crippen LogP contribution in [0.15, 0.2) is 42.5 Å². The van der Waals surface area contributed by atoms with Crippen LogP contribution in [0, 0.1) is 0 Å². The molecule has 0 amide bonds. The quantitative estimate of drug-likeness (QED) is 0.767. The van der Waals surface area contributed by atoms with Gasteiger partial charge in [0.15, 0.2) is 0 Å². The van der Waals surface area contributed by atoms with Crippen molar-refractivity contribution in [3.63, 3.8) is 0 Å². The fourth-order valence-electron chi connectivity index (χ4n) is 1.65. The Balaban J connectivity index is 2.56. The van der Waals surface area contributed by atoms with Crippen LogP contribution in [0.4, 0.5) is 0 Å². The zero-order valence-corrected chi connectivity index (χ0v) is 8.89. The second kappa shape index (κ2) is 3.78. The molecule has 2 aromatic rings. The maximum absolute atomic E-state index is 10.9. The molecule has 2 rings (SSSR count). The number of benzene rings is 2. The summed E-state index contributed by atoms with van der Waals surface area (Å²) in [5.41, 5.74) is 0.696. The zero-order valence-electron chi connectivity index (χ0n) is 8.00. The normalized spacial score (nSPS) is 11.9. The molecule has 4 heteroatoms. The third-order valence-corrected chi connectivity index (χ3v) is 3.01. The number of rotatable bonds is 2. The second-order valence-electron chi connectivity index (χ2n) is 3.46. The van der Waals surface area contributed by atoms with E-state index in [0.29, 0.717) is 5.56 Å². The van der Waals surface area contributed by atoms with Crippen molar-refractivity contribution in [2.45, 2.75) is 6.16 Å². The van der Waals surface area contributed by atoms with E-state index in [1.165, 1.54) is 0 Å². The molecule has 0 bridgehead atoms. The number of hydrogen-bond acceptors (Lipinski definition) is 1. The Kier molecular flexibility index (Phi) is 2.61. The molecule has 0 aliphatic rings. The monoisotopic (exact) mass is 222 g/mol. The van der Waals surface area contributed by atoms with Crippen molar-refractivity contribution >= 4 is 18.4 Å². The first-order valence-electron chi connectivity index (χ1n) is 4.57. The molecule has 0 heterocycles. The minimum Gasteiger partial charge on any atom is -0.324 e. The Hall–Kier alpha value is -1.15. The van der Waals surface area contributed by atoms with Gasteiger partial charge in [0.1, 0.15) is 0 Å². The minimum atomic E-state index is -3.99. The third kappa shape index (κ3) is 2.45. The summed E-state index contributed by atoms with van der Waals surface area (Å²) in [6.07, 6.45) is -0.200. The van der Waals surface area contributed by atoms with Crippen molar-refractivity contribution in [3.8, 4) is 0 Å². The summed E-state index contributed by atoms with van der Waals surface area (Å²) in [4.78, 5) is 17.9. The summed E-state index contributed by atoms with van der Waals surface area (Å²) >= 11 is 0. The van der Waals surface area contributed by atoms with Crippen molar-refractivity contribution in [1.82, 2.24) is 0 Å². The maximum atomic E-state index is 10.9. The minimum absolute atomic E-state index is 0.200. The van der Waals surface area contributed by atoms with Gasteiger partial charge in [0.2, 0.25) is 0 Å². The molecule has 0 fully saturated rings. The molecule has 0 aliphatic heterocycles. The molecule has 0 aliphatic carbocycles. The predicted octanol–water partition coefficient (Wildman–Crippen LogP) is 2.52. The van der Waals surface area contributed by atoms with E-state index in [2.05, 4.69) is 0 Å². The van der Waals surface area contributed by atoms with Gasteiger partial charge in [-0.05, 0) is 16.3 Å². The molecule has 78 valence electrons. The van der Waals surface area contributed by atoms with E-state index in [0.717, 1.165) is 10.8 Å². The first kappa shape index (κ1) is 10.4. The van der Waals surface area contributed by atoms with Crippen LogP contribution in [0.3, 0.4) is 0 Å². The average Bonchev–Trinajstić information content (AvgIpc) is 2.16. The van der Waals surface area contributed by atoms with Crippen LogP contribution in [0.2, 0.25) is 0 Å². The van der Waals surface area contributed by atoms with E-state index >= 15 is 0 Å². The zero-order chi connectivity index (χ0) is 10.9. The topological polar surface area (TPSA) is 57.5 Å². The summed E-state index contributed by atoms with van der Waals surface area (Å²) < 4.78 is 10.9. The SMILES string of the molecule is O=P(O)(O)Cc1cccc2ccccc12. The van der Waals surface area contributed by atoms with Crippen molar-refractivity contribution in [2.24, 2.45) is 0 Å². The Morgan fingerprint density at radius 1 is 1.00 bits per heavy atom. The number of fused-ring (bicyclic) bond motifs is 1. The van der Waals surface area contributed by atoms with Crippen LogP contribution >= 0.6 is 7.60 Å². The largest absolute Gasteiger partial charge is 0.329 e. The lowest BCUT2D eigenvalue weighted by Gasteiger charge is -2.07. The Labute approximate surface area is 87.5 Å². The van der Waals surface area contributed by atoms with E-state index in [4.69, 9.17) is 9.79 Å². The van der Waals surface area contributed by atoms with Gasteiger partial charge in [-0.15, -0.1) is 0 Å². The van der Waals surface area contributed by atoms with Crippen LogP contribution in [-0.2, 0) is 10.7 Å². The van der Waals surface area contributed by atoms with Gasteiger partial charge in [-0.2, -0.15) is 0 Å². The lowest BCUT2D eigenvalue weighted by Crippen LogP contribution is -1.88. The Morgan fingerprint density at radius 3 is 2.40 bits per heavy atom. The van der Waals surface area contributed by atoms with Gasteiger partial charge in [-0.3, -0.25) is 4.57 Å². The van der Waals surface area contributed by atoms with Crippen LogP contribution in [0.5, 0.6) is 0 Å². The summed E-state index contributed by atoms with van der Waals surface area (Å²) in [7, 11) is -3.99. The lowest BCUT2D eigenvalue weighted by atomic mass is 10.1. The highest BCUT2D eigenvalue weighted by molar-refractivity contribution is 7.50. The summed E-state index contributed by atoms with van der Waals surface area (Å²) in [5, 5.41) is 1.91. The van der Waals surface area contributed by atoms with Crippen LogP contribution in [0.25, 0.3) is 10.8 Å². The van der Waals surface area contributed by atoms with Gasteiger partial charge in [0.25, 0.3) is 0 Å². The van der Waals surface area contributed by atoms with Crippen LogP contribution < -0.4 is 0 Å². The first-order chi connectivity index (χ1) is 7.06. The molecule has 15 heavy (non-hydrogen) atoms. The van der Waals surface area contributed by atoms with E-state index in [1.807, 2.05) is 36.4 Å². The van der Waals surface area contributed by atoms with Gasteiger partial charge in [-0.1, -0.05) is 42.5 Å². The van der Waals surface area contributed by atoms with Crippen molar-refractivity contribution in [1.29, 1.82) is 0 Å². The molecule has 3 nitrogen and oxygen atoms in total.